The van der Waals surface area contributed by atoms with Crippen LogP contribution in [0, 0.1) is 5.82 Å². The Kier molecular flexibility index (Phi) is 6.02. The zero-order chi connectivity index (χ0) is 17.5. The molecule has 0 saturated heterocycles. The van der Waals surface area contributed by atoms with E-state index in [1.165, 1.54) is 37.6 Å². The van der Waals surface area contributed by atoms with Gasteiger partial charge in [0.05, 0.1) is 13.3 Å². The minimum Gasteiger partial charge on any atom is -0.496 e. The van der Waals surface area contributed by atoms with Gasteiger partial charge in [-0.3, -0.25) is 9.59 Å². The largest absolute Gasteiger partial charge is 0.496 e. The third-order valence-electron chi connectivity index (χ3n) is 2.87. The number of methoxy groups -OCH3 is 1. The van der Waals surface area contributed by atoms with E-state index in [2.05, 4.69) is 31.8 Å². The summed E-state index contributed by atoms with van der Waals surface area (Å²) >= 11 is 3.32. The summed E-state index contributed by atoms with van der Waals surface area (Å²) in [4.78, 5) is 23.4. The maximum Gasteiger partial charge on any atom is 0.329 e. The van der Waals surface area contributed by atoms with Gasteiger partial charge in [-0.05, 0) is 42.5 Å². The molecule has 0 aliphatic carbocycles. The molecule has 0 saturated carbocycles. The number of halogens is 2. The number of nitrogens with one attached hydrogen (secondary N) is 2. The van der Waals surface area contributed by atoms with Gasteiger partial charge >= 0.3 is 11.8 Å². The lowest BCUT2D eigenvalue weighted by Crippen LogP contribution is -2.32. The van der Waals surface area contributed by atoms with Gasteiger partial charge in [-0.2, -0.15) is 5.10 Å². The maximum atomic E-state index is 12.8. The summed E-state index contributed by atoms with van der Waals surface area (Å²) in [5.41, 5.74) is 3.02. The van der Waals surface area contributed by atoms with Crippen LogP contribution in [0.15, 0.2) is 52.0 Å². The molecule has 0 aliphatic heterocycles. The lowest BCUT2D eigenvalue weighted by Gasteiger charge is -2.05. The Labute approximate surface area is 145 Å². The van der Waals surface area contributed by atoms with Crippen LogP contribution >= 0.6 is 15.9 Å². The molecule has 2 aromatic carbocycles. The van der Waals surface area contributed by atoms with Crippen molar-refractivity contribution in [2.24, 2.45) is 5.10 Å². The number of amides is 2. The Bertz CT molecular complexity index is 779. The van der Waals surface area contributed by atoms with Gasteiger partial charge in [0.2, 0.25) is 0 Å². The van der Waals surface area contributed by atoms with E-state index in [1.54, 1.807) is 18.2 Å². The molecule has 0 aromatic heterocycles. The van der Waals surface area contributed by atoms with Crippen molar-refractivity contribution in [2.75, 3.05) is 12.4 Å². The molecule has 0 unspecified atom stereocenters. The van der Waals surface area contributed by atoms with Gasteiger partial charge in [0, 0.05) is 15.7 Å². The highest BCUT2D eigenvalue weighted by atomic mass is 79.9. The molecule has 0 atom stereocenters. The highest BCUT2D eigenvalue weighted by Crippen LogP contribution is 2.21. The summed E-state index contributed by atoms with van der Waals surface area (Å²) in [6.45, 7) is 0. The number of ether oxygens (including phenoxy) is 1. The van der Waals surface area contributed by atoms with Crippen LogP contribution in [-0.2, 0) is 9.59 Å². The molecule has 0 radical (unpaired) electrons. The first-order valence-corrected chi connectivity index (χ1v) is 7.52. The number of hydrogen-bond acceptors (Lipinski definition) is 4. The van der Waals surface area contributed by atoms with E-state index in [0.29, 0.717) is 17.0 Å². The molecule has 6 nitrogen and oxygen atoms in total. The summed E-state index contributed by atoms with van der Waals surface area (Å²) in [6, 6.07) is 10.3. The molecule has 0 heterocycles. The maximum absolute atomic E-state index is 12.8. The molecule has 0 spiro atoms. The molecular weight excluding hydrogens is 381 g/mol. The first kappa shape index (κ1) is 17.6. The first-order valence-electron chi connectivity index (χ1n) is 6.73. The van der Waals surface area contributed by atoms with Crippen molar-refractivity contribution in [1.29, 1.82) is 0 Å². The molecule has 24 heavy (non-hydrogen) atoms. The van der Waals surface area contributed by atoms with Gasteiger partial charge in [-0.25, -0.2) is 9.82 Å². The van der Waals surface area contributed by atoms with Crippen molar-refractivity contribution in [3.8, 4) is 5.75 Å². The minimum atomic E-state index is -0.954. The fourth-order valence-corrected chi connectivity index (χ4v) is 2.12. The Morgan fingerprint density at radius 2 is 1.88 bits per heavy atom. The van der Waals surface area contributed by atoms with Crippen LogP contribution in [-0.4, -0.2) is 25.1 Å². The van der Waals surface area contributed by atoms with E-state index in [9.17, 15) is 14.0 Å². The monoisotopic (exact) mass is 393 g/mol. The summed E-state index contributed by atoms with van der Waals surface area (Å²) in [7, 11) is 1.51. The number of hydrazone groups is 1. The van der Waals surface area contributed by atoms with Crippen LogP contribution < -0.4 is 15.5 Å². The van der Waals surface area contributed by atoms with E-state index in [1.807, 2.05) is 0 Å². The SMILES string of the molecule is COc1ccc(Br)cc1/C=N/NC(=O)C(=O)Nc1ccc(F)cc1. The Balaban J connectivity index is 1.96. The second kappa shape index (κ2) is 8.21. The standard InChI is InChI=1S/C16H13BrFN3O3/c1-24-14-7-2-11(17)8-10(14)9-19-21-16(23)15(22)20-13-5-3-12(18)4-6-13/h2-9H,1H3,(H,20,22)(H,21,23)/b19-9+. The number of carbonyl (C=O) groups excluding carboxylic acids is 2. The van der Waals surface area contributed by atoms with Crippen molar-refractivity contribution >= 4 is 39.6 Å². The number of nitrogens with zero attached hydrogens (tertiary/aromatic N) is 1. The Morgan fingerprint density at radius 3 is 2.54 bits per heavy atom. The van der Waals surface area contributed by atoms with Gasteiger partial charge in [-0.15, -0.1) is 0 Å². The molecule has 8 heteroatoms. The average molecular weight is 394 g/mol. The van der Waals surface area contributed by atoms with Gasteiger partial charge in [0.1, 0.15) is 11.6 Å². The van der Waals surface area contributed by atoms with Crippen molar-refractivity contribution < 1.29 is 18.7 Å². The summed E-state index contributed by atoms with van der Waals surface area (Å²) in [5, 5.41) is 6.05. The fraction of sp³-hybridized carbons (Fsp3) is 0.0625. The predicted octanol–water partition coefficient (Wildman–Crippen LogP) is 2.69. The van der Waals surface area contributed by atoms with Gasteiger partial charge in [0.15, 0.2) is 0 Å². The number of benzene rings is 2. The lowest BCUT2D eigenvalue weighted by atomic mass is 10.2. The highest BCUT2D eigenvalue weighted by Gasteiger charge is 2.12. The minimum absolute atomic E-state index is 0.300. The van der Waals surface area contributed by atoms with Gasteiger partial charge < -0.3 is 10.1 Å². The molecule has 2 N–H and O–H groups in total. The third-order valence-corrected chi connectivity index (χ3v) is 3.36. The van der Waals surface area contributed by atoms with Crippen molar-refractivity contribution in [3.63, 3.8) is 0 Å². The fourth-order valence-electron chi connectivity index (χ4n) is 1.74. The summed E-state index contributed by atoms with van der Waals surface area (Å²) < 4.78 is 18.7. The van der Waals surface area contributed by atoms with Crippen molar-refractivity contribution in [3.05, 3.63) is 58.3 Å². The number of hydrogen-bond donors (Lipinski definition) is 2. The van der Waals surface area contributed by atoms with E-state index < -0.39 is 17.6 Å². The van der Waals surface area contributed by atoms with E-state index in [0.717, 1.165) is 4.47 Å². The van der Waals surface area contributed by atoms with Crippen molar-refractivity contribution in [1.82, 2.24) is 5.43 Å². The van der Waals surface area contributed by atoms with E-state index in [-0.39, 0.29) is 0 Å². The highest BCUT2D eigenvalue weighted by molar-refractivity contribution is 9.10. The smallest absolute Gasteiger partial charge is 0.329 e. The van der Waals surface area contributed by atoms with Gasteiger partial charge in [0.25, 0.3) is 0 Å². The number of rotatable bonds is 4. The van der Waals surface area contributed by atoms with E-state index in [4.69, 9.17) is 4.74 Å². The number of carbonyl (C=O) groups is 2. The quantitative estimate of drug-likeness (QED) is 0.476. The summed E-state index contributed by atoms with van der Waals surface area (Å²) in [5.74, 6) is -1.75. The van der Waals surface area contributed by atoms with Crippen LogP contribution in [0.25, 0.3) is 0 Å². The molecule has 2 amide bonds. The second-order valence-electron chi connectivity index (χ2n) is 4.55. The molecule has 0 bridgehead atoms. The molecule has 0 aliphatic rings. The van der Waals surface area contributed by atoms with Crippen LogP contribution in [0.2, 0.25) is 0 Å². The van der Waals surface area contributed by atoms with Crippen LogP contribution in [0.1, 0.15) is 5.56 Å². The van der Waals surface area contributed by atoms with Gasteiger partial charge in [-0.1, -0.05) is 15.9 Å². The zero-order valence-corrected chi connectivity index (χ0v) is 14.1. The topological polar surface area (TPSA) is 79.8 Å². The molecule has 2 rings (SSSR count). The normalized spacial score (nSPS) is 10.5. The lowest BCUT2D eigenvalue weighted by molar-refractivity contribution is -0.136. The van der Waals surface area contributed by atoms with Crippen LogP contribution in [0.3, 0.4) is 0 Å². The predicted molar refractivity (Wildman–Crippen MR) is 91.5 cm³/mol. The van der Waals surface area contributed by atoms with Crippen LogP contribution in [0.5, 0.6) is 5.75 Å². The summed E-state index contributed by atoms with van der Waals surface area (Å²) in [6.07, 6.45) is 1.35. The Morgan fingerprint density at radius 1 is 1.17 bits per heavy atom. The Hall–Kier alpha value is -2.74. The number of anilines is 1. The third kappa shape index (κ3) is 4.88. The second-order valence-corrected chi connectivity index (χ2v) is 5.46. The first-order chi connectivity index (χ1) is 11.5. The molecule has 124 valence electrons. The average Bonchev–Trinajstić information content (AvgIpc) is 2.57. The van der Waals surface area contributed by atoms with E-state index >= 15 is 0 Å². The molecular formula is C16H13BrFN3O3. The molecule has 0 fully saturated rings. The van der Waals surface area contributed by atoms with Crippen molar-refractivity contribution in [2.45, 2.75) is 0 Å². The zero-order valence-electron chi connectivity index (χ0n) is 12.5. The van der Waals surface area contributed by atoms with Crippen LogP contribution in [0.4, 0.5) is 10.1 Å². The molecule has 2 aromatic rings.